The minimum Gasteiger partial charge on any atom is -0.324 e. The Kier molecular flexibility index (Phi) is 2.92. The third kappa shape index (κ3) is 1.92. The van der Waals surface area contributed by atoms with Crippen LogP contribution in [0.3, 0.4) is 0 Å². The second-order valence-corrected chi connectivity index (χ2v) is 4.42. The Labute approximate surface area is 115 Å². The SMILES string of the molecule is NNc1ccnc(CN2C(=O)c3ccccc3C2=O)c1. The van der Waals surface area contributed by atoms with Crippen molar-refractivity contribution >= 4 is 17.5 Å². The summed E-state index contributed by atoms with van der Waals surface area (Å²) in [6.45, 7) is 0.127. The van der Waals surface area contributed by atoms with Crippen LogP contribution in [0.1, 0.15) is 26.4 Å². The van der Waals surface area contributed by atoms with E-state index in [4.69, 9.17) is 5.84 Å². The Hall–Kier alpha value is -2.73. The predicted octanol–water partition coefficient (Wildman–Crippen LogP) is 1.16. The molecule has 100 valence electrons. The molecule has 1 aliphatic rings. The van der Waals surface area contributed by atoms with Gasteiger partial charge in [-0.1, -0.05) is 12.1 Å². The fraction of sp³-hybridized carbons (Fsp3) is 0.0714. The summed E-state index contributed by atoms with van der Waals surface area (Å²) >= 11 is 0. The maximum absolute atomic E-state index is 12.2. The highest BCUT2D eigenvalue weighted by molar-refractivity contribution is 6.21. The maximum atomic E-state index is 12.2. The van der Waals surface area contributed by atoms with Gasteiger partial charge in [-0.25, -0.2) is 0 Å². The first-order valence-electron chi connectivity index (χ1n) is 6.07. The predicted molar refractivity (Wildman–Crippen MR) is 72.7 cm³/mol. The van der Waals surface area contributed by atoms with Crippen LogP contribution >= 0.6 is 0 Å². The molecule has 1 aliphatic heterocycles. The number of amides is 2. The van der Waals surface area contributed by atoms with Crippen LogP contribution in [0, 0.1) is 0 Å². The van der Waals surface area contributed by atoms with Gasteiger partial charge in [0.05, 0.1) is 29.1 Å². The molecule has 0 aliphatic carbocycles. The Bertz CT molecular complexity index is 664. The van der Waals surface area contributed by atoms with E-state index in [9.17, 15) is 9.59 Å². The van der Waals surface area contributed by atoms with E-state index in [-0.39, 0.29) is 18.4 Å². The van der Waals surface area contributed by atoms with Crippen LogP contribution in [0.2, 0.25) is 0 Å². The molecule has 0 unspecified atom stereocenters. The summed E-state index contributed by atoms with van der Waals surface area (Å²) in [6.07, 6.45) is 1.57. The van der Waals surface area contributed by atoms with Gasteiger partial charge < -0.3 is 5.43 Å². The summed E-state index contributed by atoms with van der Waals surface area (Å²) in [5, 5.41) is 0. The number of aromatic nitrogens is 1. The van der Waals surface area contributed by atoms with Gasteiger partial charge in [0.1, 0.15) is 0 Å². The van der Waals surface area contributed by atoms with E-state index < -0.39 is 0 Å². The first-order chi connectivity index (χ1) is 9.70. The second kappa shape index (κ2) is 4.75. The third-order valence-corrected chi connectivity index (χ3v) is 3.18. The van der Waals surface area contributed by atoms with E-state index in [0.29, 0.717) is 22.5 Å². The molecule has 2 heterocycles. The second-order valence-electron chi connectivity index (χ2n) is 4.42. The van der Waals surface area contributed by atoms with E-state index in [1.165, 1.54) is 4.90 Å². The van der Waals surface area contributed by atoms with E-state index in [1.807, 2.05) is 0 Å². The third-order valence-electron chi connectivity index (χ3n) is 3.18. The van der Waals surface area contributed by atoms with Crippen LogP contribution in [0.25, 0.3) is 0 Å². The number of nitrogens with two attached hydrogens (primary N) is 1. The maximum Gasteiger partial charge on any atom is 0.261 e. The zero-order valence-electron chi connectivity index (χ0n) is 10.5. The minimum absolute atomic E-state index is 0.127. The Morgan fingerprint density at radius 3 is 2.35 bits per heavy atom. The number of hydrogen-bond acceptors (Lipinski definition) is 5. The number of pyridine rings is 1. The average molecular weight is 268 g/mol. The first kappa shape index (κ1) is 12.3. The Morgan fingerprint density at radius 2 is 1.75 bits per heavy atom. The number of carbonyl (C=O) groups excluding carboxylic acids is 2. The van der Waals surface area contributed by atoms with Gasteiger partial charge in [-0.05, 0) is 24.3 Å². The van der Waals surface area contributed by atoms with Gasteiger partial charge in [-0.3, -0.25) is 25.3 Å². The number of hydrogen-bond donors (Lipinski definition) is 2. The fourth-order valence-corrected chi connectivity index (χ4v) is 2.20. The minimum atomic E-state index is -0.293. The number of benzene rings is 1. The Balaban J connectivity index is 1.89. The number of nitrogen functional groups attached to an aromatic ring is 1. The van der Waals surface area contributed by atoms with Crippen molar-refractivity contribution in [3.63, 3.8) is 0 Å². The van der Waals surface area contributed by atoms with Gasteiger partial charge in [-0.2, -0.15) is 0 Å². The van der Waals surface area contributed by atoms with Crippen molar-refractivity contribution in [1.29, 1.82) is 0 Å². The molecule has 20 heavy (non-hydrogen) atoms. The topological polar surface area (TPSA) is 88.3 Å². The number of carbonyl (C=O) groups is 2. The van der Waals surface area contributed by atoms with Crippen molar-refractivity contribution in [1.82, 2.24) is 9.88 Å². The molecule has 3 N–H and O–H groups in total. The van der Waals surface area contributed by atoms with Gasteiger partial charge in [-0.15, -0.1) is 0 Å². The van der Waals surface area contributed by atoms with E-state index in [1.54, 1.807) is 42.6 Å². The number of fused-ring (bicyclic) bond motifs is 1. The number of hydrazine groups is 1. The zero-order chi connectivity index (χ0) is 14.1. The molecule has 0 radical (unpaired) electrons. The monoisotopic (exact) mass is 268 g/mol. The lowest BCUT2D eigenvalue weighted by Gasteiger charge is -2.13. The summed E-state index contributed by atoms with van der Waals surface area (Å²) in [4.78, 5) is 29.7. The first-order valence-corrected chi connectivity index (χ1v) is 6.07. The molecule has 2 aromatic rings. The summed E-state index contributed by atoms with van der Waals surface area (Å²) in [5.74, 6) is 4.74. The summed E-state index contributed by atoms with van der Waals surface area (Å²) in [7, 11) is 0. The molecule has 6 nitrogen and oxygen atoms in total. The molecule has 1 aromatic carbocycles. The number of nitrogens with zero attached hydrogens (tertiary/aromatic N) is 2. The molecule has 0 saturated heterocycles. The van der Waals surface area contributed by atoms with Crippen molar-refractivity contribution < 1.29 is 9.59 Å². The van der Waals surface area contributed by atoms with Crippen molar-refractivity contribution in [2.24, 2.45) is 5.84 Å². The number of rotatable bonds is 3. The lowest BCUT2D eigenvalue weighted by molar-refractivity contribution is 0.0640. The van der Waals surface area contributed by atoms with Crippen molar-refractivity contribution in [3.05, 3.63) is 59.4 Å². The van der Waals surface area contributed by atoms with Crippen molar-refractivity contribution in [3.8, 4) is 0 Å². The van der Waals surface area contributed by atoms with Gasteiger partial charge in [0.25, 0.3) is 11.8 Å². The molecule has 0 spiro atoms. The molecule has 0 bridgehead atoms. The fourth-order valence-electron chi connectivity index (χ4n) is 2.20. The number of imide groups is 1. The quantitative estimate of drug-likeness (QED) is 0.495. The standard InChI is InChI=1S/C14H12N4O2/c15-17-9-5-6-16-10(7-9)8-18-13(19)11-3-1-2-4-12(11)14(18)20/h1-7H,8,15H2,(H,16,17). The van der Waals surface area contributed by atoms with Crippen LogP contribution in [-0.2, 0) is 6.54 Å². The molecule has 0 saturated carbocycles. The Morgan fingerprint density at radius 1 is 1.10 bits per heavy atom. The molecule has 3 rings (SSSR count). The smallest absolute Gasteiger partial charge is 0.261 e. The lowest BCUT2D eigenvalue weighted by Crippen LogP contribution is -2.29. The average Bonchev–Trinajstić information content (AvgIpc) is 2.73. The van der Waals surface area contributed by atoms with Crippen LogP contribution in [0.15, 0.2) is 42.6 Å². The highest BCUT2D eigenvalue weighted by atomic mass is 16.2. The molecule has 1 aromatic heterocycles. The van der Waals surface area contributed by atoms with E-state index in [2.05, 4.69) is 10.4 Å². The molecule has 2 amide bonds. The molecule has 0 atom stereocenters. The molecule has 0 fully saturated rings. The zero-order valence-corrected chi connectivity index (χ0v) is 10.5. The van der Waals surface area contributed by atoms with Gasteiger partial charge in [0.15, 0.2) is 0 Å². The van der Waals surface area contributed by atoms with Gasteiger partial charge in [0, 0.05) is 6.20 Å². The van der Waals surface area contributed by atoms with E-state index >= 15 is 0 Å². The lowest BCUT2D eigenvalue weighted by atomic mass is 10.1. The van der Waals surface area contributed by atoms with Crippen LogP contribution in [-0.4, -0.2) is 21.7 Å². The highest BCUT2D eigenvalue weighted by Crippen LogP contribution is 2.24. The normalized spacial score (nSPS) is 13.6. The van der Waals surface area contributed by atoms with Crippen molar-refractivity contribution in [2.45, 2.75) is 6.54 Å². The highest BCUT2D eigenvalue weighted by Gasteiger charge is 2.35. The van der Waals surface area contributed by atoms with Gasteiger partial charge >= 0.3 is 0 Å². The number of anilines is 1. The summed E-state index contributed by atoms with van der Waals surface area (Å²) in [5.41, 5.74) is 4.64. The summed E-state index contributed by atoms with van der Waals surface area (Å²) in [6, 6.07) is 10.2. The molecule has 6 heteroatoms. The number of nitrogens with one attached hydrogen (secondary N) is 1. The molecular weight excluding hydrogens is 256 g/mol. The van der Waals surface area contributed by atoms with Crippen LogP contribution in [0.5, 0.6) is 0 Å². The largest absolute Gasteiger partial charge is 0.324 e. The van der Waals surface area contributed by atoms with E-state index in [0.717, 1.165) is 0 Å². The van der Waals surface area contributed by atoms with Crippen LogP contribution < -0.4 is 11.3 Å². The summed E-state index contributed by atoms with van der Waals surface area (Å²) < 4.78 is 0. The van der Waals surface area contributed by atoms with Crippen LogP contribution in [0.4, 0.5) is 5.69 Å². The van der Waals surface area contributed by atoms with Crippen molar-refractivity contribution in [2.75, 3.05) is 5.43 Å². The van der Waals surface area contributed by atoms with Gasteiger partial charge in [0.2, 0.25) is 0 Å². The molecular formula is C14H12N4O2.